The van der Waals surface area contributed by atoms with Crippen LogP contribution in [0.25, 0.3) is 0 Å². The van der Waals surface area contributed by atoms with E-state index in [0.29, 0.717) is 17.0 Å². The number of carbonyl (C=O) groups excluding carboxylic acids is 3. The second-order valence-corrected chi connectivity index (χ2v) is 6.03. The Hall–Kier alpha value is -3.74. The highest BCUT2D eigenvalue weighted by Gasteiger charge is 2.37. The predicted octanol–water partition coefficient (Wildman–Crippen LogP) is 2.62. The molecule has 0 bridgehead atoms. The lowest BCUT2D eigenvalue weighted by molar-refractivity contribution is -0.119. The number of imide groups is 1. The molecule has 7 nitrogen and oxygen atoms in total. The molecular formula is C20H15N3O4. The summed E-state index contributed by atoms with van der Waals surface area (Å²) in [4.78, 5) is 42.5. The fourth-order valence-electron chi connectivity index (χ4n) is 2.94. The number of urea groups is 1. The van der Waals surface area contributed by atoms with E-state index in [1.165, 1.54) is 12.3 Å². The molecule has 4 rings (SSSR count). The average molecular weight is 361 g/mol. The van der Waals surface area contributed by atoms with Crippen molar-refractivity contribution in [2.45, 2.75) is 6.54 Å². The summed E-state index contributed by atoms with van der Waals surface area (Å²) in [7, 11) is 0. The number of hydrogen-bond acceptors (Lipinski definition) is 4. The van der Waals surface area contributed by atoms with Crippen LogP contribution in [0.3, 0.4) is 0 Å². The van der Waals surface area contributed by atoms with E-state index in [0.717, 1.165) is 4.90 Å². The lowest BCUT2D eigenvalue weighted by Crippen LogP contribution is -2.46. The maximum absolute atomic E-state index is 12.8. The Kier molecular flexibility index (Phi) is 4.25. The molecular weight excluding hydrogens is 346 g/mol. The van der Waals surface area contributed by atoms with Crippen LogP contribution < -0.4 is 10.2 Å². The molecule has 134 valence electrons. The minimum atomic E-state index is -0.690. The Bertz CT molecular complexity index is 987. The van der Waals surface area contributed by atoms with Gasteiger partial charge in [-0.15, -0.1) is 0 Å². The molecule has 0 radical (unpaired) electrons. The first-order valence-electron chi connectivity index (χ1n) is 8.35. The smallest absolute Gasteiger partial charge is 0.355 e. The summed E-state index contributed by atoms with van der Waals surface area (Å²) in [6.07, 6.45) is 6.15. The number of benzene rings is 1. The molecule has 2 aromatic rings. The second kappa shape index (κ2) is 6.87. The van der Waals surface area contributed by atoms with E-state index < -0.39 is 17.9 Å². The number of amides is 4. The summed E-state index contributed by atoms with van der Waals surface area (Å²) >= 11 is 0. The number of aliphatic imine (C=N–C) groups is 1. The van der Waals surface area contributed by atoms with Crippen LogP contribution in [-0.2, 0) is 16.1 Å². The number of para-hydroxylation sites is 1. The molecule has 4 amide bonds. The third-order valence-corrected chi connectivity index (χ3v) is 4.27. The first kappa shape index (κ1) is 16.7. The Morgan fingerprint density at radius 2 is 1.96 bits per heavy atom. The Balaban J connectivity index is 1.54. The van der Waals surface area contributed by atoms with Gasteiger partial charge in [-0.25, -0.2) is 9.69 Å². The van der Waals surface area contributed by atoms with E-state index in [1.807, 2.05) is 0 Å². The third-order valence-electron chi connectivity index (χ3n) is 4.27. The molecule has 1 aromatic carbocycles. The fraction of sp³-hybridized carbons (Fsp3) is 0.100. The summed E-state index contributed by atoms with van der Waals surface area (Å²) in [6, 6.07) is 11.5. The minimum Gasteiger partial charge on any atom is -0.467 e. The van der Waals surface area contributed by atoms with Crippen LogP contribution in [0.2, 0.25) is 0 Å². The van der Waals surface area contributed by atoms with Crippen molar-refractivity contribution in [2.75, 3.05) is 4.90 Å². The standard InChI is InChI=1S/C20H15N3O4/c24-18(21-12-15-7-4-10-27-15)13-8-9-16-17(11-13)22-20(26)23(19(16)25)14-5-2-1-3-6-14/h1-11,16H,12H2,(H,21,24). The summed E-state index contributed by atoms with van der Waals surface area (Å²) in [5, 5.41) is 2.72. The highest BCUT2D eigenvalue weighted by atomic mass is 16.3. The summed E-state index contributed by atoms with van der Waals surface area (Å²) < 4.78 is 5.17. The zero-order valence-electron chi connectivity index (χ0n) is 14.2. The van der Waals surface area contributed by atoms with Gasteiger partial charge in [0.1, 0.15) is 5.76 Å². The number of hydrogen-bond donors (Lipinski definition) is 1. The molecule has 0 saturated carbocycles. The molecule has 0 spiro atoms. The zero-order valence-corrected chi connectivity index (χ0v) is 14.2. The number of fused-ring (bicyclic) bond motifs is 1. The fourth-order valence-corrected chi connectivity index (χ4v) is 2.94. The van der Waals surface area contributed by atoms with Crippen LogP contribution in [0.15, 0.2) is 81.9 Å². The molecule has 1 aliphatic carbocycles. The Morgan fingerprint density at radius 1 is 1.15 bits per heavy atom. The van der Waals surface area contributed by atoms with Gasteiger partial charge in [-0.05, 0) is 30.3 Å². The van der Waals surface area contributed by atoms with Crippen LogP contribution in [-0.4, -0.2) is 23.6 Å². The molecule has 1 aromatic heterocycles. The lowest BCUT2D eigenvalue weighted by Gasteiger charge is -2.28. The SMILES string of the molecule is O=C(NCc1ccco1)C1=CC2=NC(=O)N(c3ccccc3)C(=O)C2C=C1. The maximum atomic E-state index is 12.8. The van der Waals surface area contributed by atoms with Gasteiger partial charge >= 0.3 is 6.03 Å². The quantitative estimate of drug-likeness (QED) is 0.906. The number of nitrogens with one attached hydrogen (secondary N) is 1. The Labute approximate surface area is 154 Å². The van der Waals surface area contributed by atoms with Crippen LogP contribution in [0.5, 0.6) is 0 Å². The molecule has 0 fully saturated rings. The zero-order chi connectivity index (χ0) is 18.8. The van der Waals surface area contributed by atoms with Crippen LogP contribution in [0.1, 0.15) is 5.76 Å². The van der Waals surface area contributed by atoms with Gasteiger partial charge in [-0.2, -0.15) is 4.99 Å². The first-order valence-corrected chi connectivity index (χ1v) is 8.35. The summed E-state index contributed by atoms with van der Waals surface area (Å²) in [6.45, 7) is 0.243. The highest BCUT2D eigenvalue weighted by Crippen LogP contribution is 2.26. The van der Waals surface area contributed by atoms with Gasteiger partial charge in [0.2, 0.25) is 5.91 Å². The molecule has 2 heterocycles. The van der Waals surface area contributed by atoms with Gasteiger partial charge in [0.05, 0.1) is 30.1 Å². The number of allylic oxidation sites excluding steroid dienone is 1. The van der Waals surface area contributed by atoms with E-state index in [-0.39, 0.29) is 18.2 Å². The topological polar surface area (TPSA) is 92.0 Å². The molecule has 1 unspecified atom stereocenters. The minimum absolute atomic E-state index is 0.243. The predicted molar refractivity (Wildman–Crippen MR) is 98.0 cm³/mol. The van der Waals surface area contributed by atoms with Crippen LogP contribution >= 0.6 is 0 Å². The van der Waals surface area contributed by atoms with E-state index in [1.54, 1.807) is 54.6 Å². The van der Waals surface area contributed by atoms with Gasteiger partial charge in [-0.3, -0.25) is 9.59 Å². The van der Waals surface area contributed by atoms with E-state index >= 15 is 0 Å². The Morgan fingerprint density at radius 3 is 2.70 bits per heavy atom. The van der Waals surface area contributed by atoms with E-state index in [2.05, 4.69) is 10.3 Å². The van der Waals surface area contributed by atoms with Crippen molar-refractivity contribution in [2.24, 2.45) is 10.9 Å². The molecule has 1 atom stereocenters. The molecule has 2 aliphatic rings. The number of furan rings is 1. The van der Waals surface area contributed by atoms with Crippen molar-refractivity contribution in [3.8, 4) is 0 Å². The number of rotatable bonds is 4. The summed E-state index contributed by atoms with van der Waals surface area (Å²) in [5.74, 6) is -0.794. The second-order valence-electron chi connectivity index (χ2n) is 6.03. The van der Waals surface area contributed by atoms with Crippen molar-refractivity contribution in [1.82, 2.24) is 5.32 Å². The van der Waals surface area contributed by atoms with E-state index in [4.69, 9.17) is 4.42 Å². The van der Waals surface area contributed by atoms with Gasteiger partial charge < -0.3 is 9.73 Å². The number of anilines is 1. The molecule has 1 N–H and O–H groups in total. The molecule has 27 heavy (non-hydrogen) atoms. The normalized spacial score (nSPS) is 18.7. The average Bonchev–Trinajstić information content (AvgIpc) is 3.20. The van der Waals surface area contributed by atoms with Crippen molar-refractivity contribution in [3.63, 3.8) is 0 Å². The lowest BCUT2D eigenvalue weighted by atomic mass is 9.91. The van der Waals surface area contributed by atoms with Gasteiger partial charge in [-0.1, -0.05) is 30.4 Å². The van der Waals surface area contributed by atoms with Crippen LogP contribution in [0, 0.1) is 5.92 Å². The molecule has 7 heteroatoms. The maximum Gasteiger partial charge on any atom is 0.355 e. The van der Waals surface area contributed by atoms with Gasteiger partial charge in [0, 0.05) is 5.57 Å². The van der Waals surface area contributed by atoms with E-state index in [9.17, 15) is 14.4 Å². The third kappa shape index (κ3) is 3.22. The van der Waals surface area contributed by atoms with Crippen molar-refractivity contribution >= 4 is 29.2 Å². The number of nitrogens with zero attached hydrogens (tertiary/aromatic N) is 2. The van der Waals surface area contributed by atoms with Crippen molar-refractivity contribution in [3.05, 3.63) is 78.3 Å². The molecule has 0 saturated heterocycles. The first-order chi connectivity index (χ1) is 13.1. The number of carbonyl (C=O) groups is 3. The van der Waals surface area contributed by atoms with Crippen LogP contribution in [0.4, 0.5) is 10.5 Å². The largest absolute Gasteiger partial charge is 0.467 e. The molecule has 1 aliphatic heterocycles. The highest BCUT2D eigenvalue weighted by molar-refractivity contribution is 6.31. The monoisotopic (exact) mass is 361 g/mol. The summed E-state index contributed by atoms with van der Waals surface area (Å²) in [5.41, 5.74) is 1.06. The van der Waals surface area contributed by atoms with Gasteiger partial charge in [0.25, 0.3) is 5.91 Å². The van der Waals surface area contributed by atoms with Crippen molar-refractivity contribution in [1.29, 1.82) is 0 Å². The van der Waals surface area contributed by atoms with Gasteiger partial charge in [0.15, 0.2) is 0 Å². The van der Waals surface area contributed by atoms with Crippen molar-refractivity contribution < 1.29 is 18.8 Å².